The van der Waals surface area contributed by atoms with Crippen LogP contribution in [0.3, 0.4) is 0 Å². The molecule has 0 saturated heterocycles. The van der Waals surface area contributed by atoms with Gasteiger partial charge in [0.15, 0.2) is 11.9 Å². The fourth-order valence-corrected chi connectivity index (χ4v) is 3.14. The minimum atomic E-state index is -0.653. The second-order valence-corrected chi connectivity index (χ2v) is 6.04. The second-order valence-electron chi connectivity index (χ2n) is 4.47. The van der Waals surface area contributed by atoms with Crippen LogP contribution in [-0.4, -0.2) is 17.0 Å². The van der Waals surface area contributed by atoms with Gasteiger partial charge < -0.3 is 4.74 Å². The van der Waals surface area contributed by atoms with Crippen molar-refractivity contribution in [3.8, 4) is 5.75 Å². The molecule has 1 unspecified atom stereocenters. The normalized spacial score (nSPS) is 12.2. The fourth-order valence-electron chi connectivity index (χ4n) is 2.00. The van der Waals surface area contributed by atoms with Gasteiger partial charge in [0, 0.05) is 11.6 Å². The first-order valence-electron chi connectivity index (χ1n) is 6.48. The number of hydrazine groups is 1. The van der Waals surface area contributed by atoms with Crippen LogP contribution in [0, 0.1) is 3.57 Å². The minimum Gasteiger partial charge on any atom is -0.477 e. The molecule has 21 heavy (non-hydrogen) atoms. The van der Waals surface area contributed by atoms with E-state index in [1.54, 1.807) is 18.3 Å². The van der Waals surface area contributed by atoms with Crippen molar-refractivity contribution in [3.05, 3.63) is 33.0 Å². The Morgan fingerprint density at radius 2 is 2.38 bits per heavy atom. The summed E-state index contributed by atoms with van der Waals surface area (Å²) in [5.41, 5.74) is 2.78. The van der Waals surface area contributed by atoms with E-state index in [0.29, 0.717) is 22.7 Å². The lowest BCUT2D eigenvalue weighted by Gasteiger charge is -2.19. The Morgan fingerprint density at radius 1 is 1.62 bits per heavy atom. The molecule has 0 aliphatic heterocycles. The molecule has 7 heteroatoms. The van der Waals surface area contributed by atoms with Crippen LogP contribution >= 0.6 is 34.2 Å². The first-order chi connectivity index (χ1) is 10.1. The predicted octanol–water partition coefficient (Wildman–Crippen LogP) is 3.03. The molecule has 0 aliphatic rings. The maximum absolute atomic E-state index is 11.8. The molecule has 0 radical (unpaired) electrons. The van der Waals surface area contributed by atoms with E-state index < -0.39 is 6.10 Å². The quantitative estimate of drug-likeness (QED) is 0.338. The second kappa shape index (κ2) is 7.24. The zero-order valence-electron chi connectivity index (χ0n) is 11.4. The molecule has 0 bridgehead atoms. The highest BCUT2D eigenvalue weighted by atomic mass is 127. The van der Waals surface area contributed by atoms with Gasteiger partial charge >= 0.3 is 0 Å². The number of hydrogen-bond donors (Lipinski definition) is 2. The maximum Gasteiger partial charge on any atom is 0.274 e. The molecule has 0 saturated carbocycles. The zero-order valence-corrected chi connectivity index (χ0v) is 14.3. The Labute approximate surface area is 141 Å². The average molecular weight is 420 g/mol. The number of halogens is 2. The lowest BCUT2D eigenvalue weighted by molar-refractivity contribution is -0.128. The standard InChI is InChI=1S/C14H15ClIN3O2/c1-2-4-11(14(20)19-17)21-13-10(16)7-9(15)8-5-3-6-18-12(8)13/h3,5-7,11H,2,4,17H2,1H3,(H,19,20). The Morgan fingerprint density at radius 3 is 3.05 bits per heavy atom. The van der Waals surface area contributed by atoms with Gasteiger partial charge in [-0.05, 0) is 47.2 Å². The van der Waals surface area contributed by atoms with Crippen molar-refractivity contribution >= 4 is 51.0 Å². The molecule has 1 aromatic heterocycles. The molecule has 0 aliphatic carbocycles. The summed E-state index contributed by atoms with van der Waals surface area (Å²) < 4.78 is 6.69. The lowest BCUT2D eigenvalue weighted by atomic mass is 10.1. The zero-order chi connectivity index (χ0) is 15.4. The molecule has 5 nitrogen and oxygen atoms in total. The van der Waals surface area contributed by atoms with Crippen LogP contribution in [0.4, 0.5) is 0 Å². The summed E-state index contributed by atoms with van der Waals surface area (Å²) >= 11 is 8.34. The highest BCUT2D eigenvalue weighted by molar-refractivity contribution is 14.1. The van der Waals surface area contributed by atoms with Crippen LogP contribution in [0.25, 0.3) is 10.9 Å². The van der Waals surface area contributed by atoms with Crippen molar-refractivity contribution in [2.75, 3.05) is 0 Å². The van der Waals surface area contributed by atoms with Crippen molar-refractivity contribution in [3.63, 3.8) is 0 Å². The summed E-state index contributed by atoms with van der Waals surface area (Å²) in [4.78, 5) is 16.1. The van der Waals surface area contributed by atoms with Crippen LogP contribution in [0.2, 0.25) is 5.02 Å². The first-order valence-corrected chi connectivity index (χ1v) is 7.94. The summed E-state index contributed by atoms with van der Waals surface area (Å²) in [5, 5.41) is 1.39. The summed E-state index contributed by atoms with van der Waals surface area (Å²) in [5.74, 6) is 5.41. The smallest absolute Gasteiger partial charge is 0.274 e. The molecule has 0 fully saturated rings. The van der Waals surface area contributed by atoms with Crippen LogP contribution in [0.5, 0.6) is 5.75 Å². The monoisotopic (exact) mass is 419 g/mol. The molecule has 1 aromatic carbocycles. The number of hydrogen-bond acceptors (Lipinski definition) is 4. The van der Waals surface area contributed by atoms with Gasteiger partial charge in [-0.3, -0.25) is 15.2 Å². The summed E-state index contributed by atoms with van der Waals surface area (Å²) in [7, 11) is 0. The molecule has 1 atom stereocenters. The van der Waals surface area contributed by atoms with Gasteiger partial charge in [0.1, 0.15) is 5.52 Å². The summed E-state index contributed by atoms with van der Waals surface area (Å²) in [6.07, 6.45) is 2.38. The number of nitrogens with one attached hydrogen (secondary N) is 1. The number of ether oxygens (including phenoxy) is 1. The molecule has 1 heterocycles. The number of rotatable bonds is 5. The van der Waals surface area contributed by atoms with Gasteiger partial charge in [0.05, 0.1) is 8.59 Å². The third-order valence-corrected chi connectivity index (χ3v) is 4.11. The summed E-state index contributed by atoms with van der Waals surface area (Å²) in [6.45, 7) is 1.98. The van der Waals surface area contributed by atoms with E-state index in [-0.39, 0.29) is 5.91 Å². The van der Waals surface area contributed by atoms with E-state index in [2.05, 4.69) is 33.0 Å². The Hall–Kier alpha value is -1.12. The SMILES string of the molecule is CCCC(Oc1c(I)cc(Cl)c2cccnc12)C(=O)NN. The van der Waals surface area contributed by atoms with Crippen LogP contribution in [0.1, 0.15) is 19.8 Å². The molecule has 3 N–H and O–H groups in total. The van der Waals surface area contributed by atoms with Crippen molar-refractivity contribution in [2.24, 2.45) is 5.84 Å². The van der Waals surface area contributed by atoms with E-state index in [0.717, 1.165) is 15.4 Å². The molecule has 2 aromatic rings. The lowest BCUT2D eigenvalue weighted by Crippen LogP contribution is -2.42. The number of fused-ring (bicyclic) bond motifs is 1. The van der Waals surface area contributed by atoms with Gasteiger partial charge in [0.2, 0.25) is 0 Å². The van der Waals surface area contributed by atoms with E-state index in [9.17, 15) is 4.79 Å². The Bertz CT molecular complexity index is 666. The Balaban J connectivity index is 2.48. The molecular formula is C14H15ClIN3O2. The number of carbonyl (C=O) groups excluding carboxylic acids is 1. The van der Waals surface area contributed by atoms with E-state index in [1.807, 2.05) is 13.0 Å². The number of nitrogens with two attached hydrogens (primary N) is 1. The number of pyridine rings is 1. The molecule has 2 rings (SSSR count). The van der Waals surface area contributed by atoms with Crippen LogP contribution in [0.15, 0.2) is 24.4 Å². The minimum absolute atomic E-state index is 0.355. The largest absolute Gasteiger partial charge is 0.477 e. The third-order valence-electron chi connectivity index (χ3n) is 3.00. The molecule has 1 amide bonds. The Kier molecular flexibility index (Phi) is 5.60. The number of aromatic nitrogens is 1. The van der Waals surface area contributed by atoms with Crippen molar-refractivity contribution in [1.29, 1.82) is 0 Å². The number of benzene rings is 1. The van der Waals surface area contributed by atoms with E-state index in [1.165, 1.54) is 0 Å². The van der Waals surface area contributed by atoms with Gasteiger partial charge in [-0.25, -0.2) is 5.84 Å². The van der Waals surface area contributed by atoms with Gasteiger partial charge in [-0.1, -0.05) is 24.9 Å². The number of amides is 1. The van der Waals surface area contributed by atoms with Crippen LogP contribution < -0.4 is 16.0 Å². The number of carbonyl (C=O) groups is 1. The average Bonchev–Trinajstić information content (AvgIpc) is 2.49. The first kappa shape index (κ1) is 16.3. The molecule has 0 spiro atoms. The highest BCUT2D eigenvalue weighted by Gasteiger charge is 2.22. The van der Waals surface area contributed by atoms with Crippen LogP contribution in [-0.2, 0) is 4.79 Å². The van der Waals surface area contributed by atoms with Crippen molar-refractivity contribution in [2.45, 2.75) is 25.9 Å². The number of nitrogens with zero attached hydrogens (tertiary/aromatic N) is 1. The van der Waals surface area contributed by atoms with E-state index in [4.69, 9.17) is 22.2 Å². The van der Waals surface area contributed by atoms with Gasteiger partial charge in [-0.2, -0.15) is 0 Å². The topological polar surface area (TPSA) is 77.2 Å². The van der Waals surface area contributed by atoms with Gasteiger partial charge in [-0.15, -0.1) is 0 Å². The summed E-state index contributed by atoms with van der Waals surface area (Å²) in [6, 6.07) is 5.47. The van der Waals surface area contributed by atoms with Crippen molar-refractivity contribution in [1.82, 2.24) is 10.4 Å². The van der Waals surface area contributed by atoms with E-state index >= 15 is 0 Å². The maximum atomic E-state index is 11.8. The highest BCUT2D eigenvalue weighted by Crippen LogP contribution is 2.35. The predicted molar refractivity (Wildman–Crippen MR) is 91.1 cm³/mol. The molecule has 112 valence electrons. The molecular weight excluding hydrogens is 405 g/mol. The fraction of sp³-hybridized carbons (Fsp3) is 0.286. The van der Waals surface area contributed by atoms with Gasteiger partial charge in [0.25, 0.3) is 5.91 Å². The van der Waals surface area contributed by atoms with Crippen molar-refractivity contribution < 1.29 is 9.53 Å². The third kappa shape index (κ3) is 3.56.